The van der Waals surface area contributed by atoms with Crippen LogP contribution >= 0.6 is 15.9 Å². The summed E-state index contributed by atoms with van der Waals surface area (Å²) in [5, 5.41) is 11.2. The first-order valence-electron chi connectivity index (χ1n) is 5.17. The molecule has 0 spiro atoms. The van der Waals surface area contributed by atoms with Gasteiger partial charge in [-0.2, -0.15) is 0 Å². The molecule has 0 aliphatic rings. The molecule has 0 bridgehead atoms. The SMILES string of the molecule is NC(CCCCOc1ccc(Br)cc1F)=NO. The van der Waals surface area contributed by atoms with Crippen molar-refractivity contribution < 1.29 is 14.3 Å². The normalized spacial score (nSPS) is 11.5. The molecule has 1 aromatic rings. The van der Waals surface area contributed by atoms with E-state index >= 15 is 0 Å². The van der Waals surface area contributed by atoms with E-state index in [1.807, 2.05) is 0 Å². The molecular weight excluding hydrogens is 291 g/mol. The van der Waals surface area contributed by atoms with Gasteiger partial charge in [0, 0.05) is 10.9 Å². The predicted octanol–water partition coefficient (Wildman–Crippen LogP) is 2.88. The number of benzene rings is 1. The van der Waals surface area contributed by atoms with E-state index in [0.29, 0.717) is 23.9 Å². The Kier molecular flexibility index (Phi) is 5.76. The second-order valence-electron chi connectivity index (χ2n) is 3.47. The number of oxime groups is 1. The Bertz CT molecular complexity index is 399. The van der Waals surface area contributed by atoms with Crippen LogP contribution in [0.4, 0.5) is 4.39 Å². The minimum atomic E-state index is -0.393. The fraction of sp³-hybridized carbons (Fsp3) is 0.364. The van der Waals surface area contributed by atoms with Gasteiger partial charge in [0.2, 0.25) is 0 Å². The van der Waals surface area contributed by atoms with Crippen LogP contribution < -0.4 is 10.5 Å². The number of amidine groups is 1. The quantitative estimate of drug-likeness (QED) is 0.279. The van der Waals surface area contributed by atoms with Crippen molar-refractivity contribution in [2.24, 2.45) is 10.9 Å². The zero-order valence-corrected chi connectivity index (χ0v) is 10.8. The molecule has 3 N–H and O–H groups in total. The lowest BCUT2D eigenvalue weighted by Crippen LogP contribution is -2.11. The highest BCUT2D eigenvalue weighted by molar-refractivity contribution is 9.10. The smallest absolute Gasteiger partial charge is 0.166 e. The lowest BCUT2D eigenvalue weighted by Gasteiger charge is -2.07. The van der Waals surface area contributed by atoms with E-state index in [-0.39, 0.29) is 11.6 Å². The Morgan fingerprint density at radius 2 is 2.24 bits per heavy atom. The first-order valence-corrected chi connectivity index (χ1v) is 5.97. The van der Waals surface area contributed by atoms with E-state index < -0.39 is 5.82 Å². The van der Waals surface area contributed by atoms with Gasteiger partial charge in [-0.15, -0.1) is 0 Å². The second-order valence-corrected chi connectivity index (χ2v) is 4.39. The van der Waals surface area contributed by atoms with Gasteiger partial charge in [0.05, 0.1) is 6.61 Å². The maximum absolute atomic E-state index is 13.3. The summed E-state index contributed by atoms with van der Waals surface area (Å²) in [7, 11) is 0. The van der Waals surface area contributed by atoms with E-state index in [2.05, 4.69) is 21.1 Å². The first kappa shape index (κ1) is 13.8. The summed E-state index contributed by atoms with van der Waals surface area (Å²) < 4.78 is 19.3. The van der Waals surface area contributed by atoms with Crippen LogP contribution in [0.15, 0.2) is 27.8 Å². The van der Waals surface area contributed by atoms with Crippen LogP contribution in [0.3, 0.4) is 0 Å². The summed E-state index contributed by atoms with van der Waals surface area (Å²) in [6.07, 6.45) is 1.95. The summed E-state index contributed by atoms with van der Waals surface area (Å²) in [6, 6.07) is 4.64. The van der Waals surface area contributed by atoms with E-state index in [9.17, 15) is 4.39 Å². The summed E-state index contributed by atoms with van der Waals surface area (Å²) in [4.78, 5) is 0. The highest BCUT2D eigenvalue weighted by Gasteiger charge is 2.03. The van der Waals surface area contributed by atoms with Gasteiger partial charge in [0.25, 0.3) is 0 Å². The third-order valence-electron chi connectivity index (χ3n) is 2.11. The van der Waals surface area contributed by atoms with Crippen molar-refractivity contribution in [2.75, 3.05) is 6.61 Å². The van der Waals surface area contributed by atoms with Crippen LogP contribution in [-0.2, 0) is 0 Å². The Balaban J connectivity index is 2.27. The summed E-state index contributed by atoms with van der Waals surface area (Å²) in [5.41, 5.74) is 5.30. The highest BCUT2D eigenvalue weighted by atomic mass is 79.9. The van der Waals surface area contributed by atoms with Crippen LogP contribution in [0.1, 0.15) is 19.3 Å². The van der Waals surface area contributed by atoms with Crippen LogP contribution in [0.2, 0.25) is 0 Å². The Labute approximate surface area is 107 Å². The number of unbranched alkanes of at least 4 members (excludes halogenated alkanes) is 1. The van der Waals surface area contributed by atoms with E-state index in [0.717, 1.165) is 6.42 Å². The molecule has 1 aromatic carbocycles. The average molecular weight is 305 g/mol. The molecule has 0 aliphatic carbocycles. The molecule has 0 unspecified atom stereocenters. The number of hydrogen-bond acceptors (Lipinski definition) is 3. The fourth-order valence-electron chi connectivity index (χ4n) is 1.23. The van der Waals surface area contributed by atoms with Gasteiger partial charge in [0.1, 0.15) is 5.84 Å². The minimum Gasteiger partial charge on any atom is -0.491 e. The van der Waals surface area contributed by atoms with Crippen LogP contribution in [-0.4, -0.2) is 17.6 Å². The largest absolute Gasteiger partial charge is 0.491 e. The second kappa shape index (κ2) is 7.11. The molecule has 0 amide bonds. The third-order valence-corrected chi connectivity index (χ3v) is 2.60. The first-order chi connectivity index (χ1) is 8.13. The molecule has 0 saturated carbocycles. The number of nitrogens with two attached hydrogens (primary N) is 1. The molecule has 0 fully saturated rings. The van der Waals surface area contributed by atoms with Crippen LogP contribution in [0.5, 0.6) is 5.75 Å². The molecule has 17 heavy (non-hydrogen) atoms. The molecule has 0 heterocycles. The van der Waals surface area contributed by atoms with Gasteiger partial charge >= 0.3 is 0 Å². The molecule has 0 aromatic heterocycles. The van der Waals surface area contributed by atoms with Crippen molar-refractivity contribution in [3.8, 4) is 5.75 Å². The van der Waals surface area contributed by atoms with Gasteiger partial charge in [-0.1, -0.05) is 21.1 Å². The standard InChI is InChI=1S/C11H14BrFN2O2/c12-8-4-5-10(9(13)7-8)17-6-2-1-3-11(14)15-16/h4-5,7,16H,1-3,6H2,(H2,14,15). The Hall–Kier alpha value is -1.30. The van der Waals surface area contributed by atoms with Gasteiger partial charge in [-0.3, -0.25) is 0 Å². The van der Waals surface area contributed by atoms with E-state index in [1.165, 1.54) is 6.07 Å². The maximum Gasteiger partial charge on any atom is 0.166 e. The van der Waals surface area contributed by atoms with Crippen molar-refractivity contribution in [2.45, 2.75) is 19.3 Å². The summed E-state index contributed by atoms with van der Waals surface area (Å²) in [5.74, 6) is 0.0348. The van der Waals surface area contributed by atoms with Crippen LogP contribution in [0.25, 0.3) is 0 Å². The molecule has 94 valence electrons. The van der Waals surface area contributed by atoms with E-state index in [1.54, 1.807) is 12.1 Å². The van der Waals surface area contributed by atoms with Crippen molar-refractivity contribution in [1.29, 1.82) is 0 Å². The molecular formula is C11H14BrFN2O2. The van der Waals surface area contributed by atoms with Crippen molar-refractivity contribution in [1.82, 2.24) is 0 Å². The van der Waals surface area contributed by atoms with Gasteiger partial charge in [-0.25, -0.2) is 4.39 Å². The highest BCUT2D eigenvalue weighted by Crippen LogP contribution is 2.21. The van der Waals surface area contributed by atoms with Gasteiger partial charge in [0.15, 0.2) is 11.6 Å². The molecule has 0 radical (unpaired) electrons. The lowest BCUT2D eigenvalue weighted by atomic mass is 10.2. The molecule has 0 atom stereocenters. The van der Waals surface area contributed by atoms with Crippen molar-refractivity contribution in [3.63, 3.8) is 0 Å². The minimum absolute atomic E-state index is 0.194. The van der Waals surface area contributed by atoms with Crippen molar-refractivity contribution >= 4 is 21.8 Å². The third kappa shape index (κ3) is 5.04. The van der Waals surface area contributed by atoms with Crippen molar-refractivity contribution in [3.05, 3.63) is 28.5 Å². The topological polar surface area (TPSA) is 67.8 Å². The summed E-state index contributed by atoms with van der Waals surface area (Å²) in [6.45, 7) is 0.400. The predicted molar refractivity (Wildman–Crippen MR) is 66.9 cm³/mol. The molecule has 6 heteroatoms. The van der Waals surface area contributed by atoms with Gasteiger partial charge in [-0.05, 0) is 31.0 Å². The molecule has 1 rings (SSSR count). The number of halogens is 2. The number of rotatable bonds is 6. The molecule has 0 aliphatic heterocycles. The number of hydrogen-bond donors (Lipinski definition) is 2. The monoisotopic (exact) mass is 304 g/mol. The lowest BCUT2D eigenvalue weighted by molar-refractivity contribution is 0.291. The van der Waals surface area contributed by atoms with Gasteiger partial charge < -0.3 is 15.7 Å². The maximum atomic E-state index is 13.3. The zero-order valence-electron chi connectivity index (χ0n) is 9.20. The fourth-order valence-corrected chi connectivity index (χ4v) is 1.57. The van der Waals surface area contributed by atoms with E-state index in [4.69, 9.17) is 15.7 Å². The summed E-state index contributed by atoms with van der Waals surface area (Å²) >= 11 is 3.17. The Morgan fingerprint density at radius 3 is 2.88 bits per heavy atom. The molecule has 0 saturated heterocycles. The van der Waals surface area contributed by atoms with Crippen LogP contribution in [0, 0.1) is 5.82 Å². The number of ether oxygens (including phenoxy) is 1. The zero-order chi connectivity index (χ0) is 12.7. The number of nitrogens with zero attached hydrogens (tertiary/aromatic N) is 1. The average Bonchev–Trinajstić information content (AvgIpc) is 2.30. The Morgan fingerprint density at radius 1 is 1.47 bits per heavy atom. The molecule has 4 nitrogen and oxygen atoms in total.